The molecule has 0 saturated carbocycles. The molecule has 108 valence electrons. The van der Waals surface area contributed by atoms with Crippen LogP contribution in [-0.2, 0) is 4.79 Å². The molecule has 1 aromatic heterocycles. The smallest absolute Gasteiger partial charge is 0.258 e. The second kappa shape index (κ2) is 6.60. The summed E-state index contributed by atoms with van der Waals surface area (Å²) in [5.74, 6) is -1.33. The quantitative estimate of drug-likeness (QED) is 0.908. The zero-order valence-corrected chi connectivity index (χ0v) is 11.4. The summed E-state index contributed by atoms with van der Waals surface area (Å²) >= 11 is 0. The first-order valence-corrected chi connectivity index (χ1v) is 6.41. The zero-order valence-electron chi connectivity index (χ0n) is 11.4. The SMILES string of the molecule is CCC(=O)Nc1ccc(NC(=O)c2ccncc2F)cc1. The van der Waals surface area contributed by atoms with Crippen molar-refractivity contribution >= 4 is 23.2 Å². The third kappa shape index (κ3) is 3.85. The van der Waals surface area contributed by atoms with Crippen LogP contribution in [0, 0.1) is 5.82 Å². The first kappa shape index (κ1) is 14.6. The molecule has 1 aromatic carbocycles. The highest BCUT2D eigenvalue weighted by Gasteiger charge is 2.11. The second-order valence-corrected chi connectivity index (χ2v) is 4.29. The van der Waals surface area contributed by atoms with E-state index < -0.39 is 11.7 Å². The molecule has 5 nitrogen and oxygen atoms in total. The molecule has 0 radical (unpaired) electrons. The molecular formula is C15H14FN3O2. The van der Waals surface area contributed by atoms with Crippen LogP contribution in [0.3, 0.4) is 0 Å². The van der Waals surface area contributed by atoms with Gasteiger partial charge in [-0.25, -0.2) is 4.39 Å². The van der Waals surface area contributed by atoms with E-state index in [-0.39, 0.29) is 11.5 Å². The van der Waals surface area contributed by atoms with E-state index in [1.165, 1.54) is 12.3 Å². The maximum absolute atomic E-state index is 13.4. The van der Waals surface area contributed by atoms with Gasteiger partial charge in [-0.1, -0.05) is 6.92 Å². The van der Waals surface area contributed by atoms with E-state index in [9.17, 15) is 14.0 Å². The fourth-order valence-corrected chi connectivity index (χ4v) is 1.64. The summed E-state index contributed by atoms with van der Waals surface area (Å²) in [6.07, 6.45) is 2.72. The van der Waals surface area contributed by atoms with Crippen LogP contribution >= 0.6 is 0 Å². The molecule has 0 bridgehead atoms. The number of halogens is 1. The number of benzene rings is 1. The van der Waals surface area contributed by atoms with Gasteiger partial charge in [0.25, 0.3) is 5.91 Å². The number of anilines is 2. The third-order valence-corrected chi connectivity index (χ3v) is 2.76. The van der Waals surface area contributed by atoms with Gasteiger partial charge in [0.2, 0.25) is 5.91 Å². The summed E-state index contributed by atoms with van der Waals surface area (Å²) in [7, 11) is 0. The Balaban J connectivity index is 2.05. The third-order valence-electron chi connectivity index (χ3n) is 2.76. The molecule has 1 heterocycles. The average Bonchev–Trinajstić information content (AvgIpc) is 2.49. The fourth-order valence-electron chi connectivity index (χ4n) is 1.64. The fraction of sp³-hybridized carbons (Fsp3) is 0.133. The molecule has 0 spiro atoms. The number of nitrogens with zero attached hydrogens (tertiary/aromatic N) is 1. The van der Waals surface area contributed by atoms with Crippen molar-refractivity contribution in [3.63, 3.8) is 0 Å². The van der Waals surface area contributed by atoms with E-state index in [0.717, 1.165) is 6.20 Å². The summed E-state index contributed by atoms with van der Waals surface area (Å²) in [6.45, 7) is 1.76. The molecular weight excluding hydrogens is 273 g/mol. The van der Waals surface area contributed by atoms with E-state index in [1.54, 1.807) is 31.2 Å². The average molecular weight is 287 g/mol. The molecule has 0 fully saturated rings. The molecule has 2 N–H and O–H groups in total. The monoisotopic (exact) mass is 287 g/mol. The van der Waals surface area contributed by atoms with Crippen molar-refractivity contribution in [3.05, 3.63) is 54.1 Å². The van der Waals surface area contributed by atoms with Gasteiger partial charge in [-0.2, -0.15) is 0 Å². The predicted molar refractivity (Wildman–Crippen MR) is 77.5 cm³/mol. The van der Waals surface area contributed by atoms with Gasteiger partial charge in [0, 0.05) is 24.0 Å². The lowest BCUT2D eigenvalue weighted by Gasteiger charge is -2.07. The zero-order chi connectivity index (χ0) is 15.2. The topological polar surface area (TPSA) is 71.1 Å². The van der Waals surface area contributed by atoms with Crippen molar-refractivity contribution < 1.29 is 14.0 Å². The van der Waals surface area contributed by atoms with Gasteiger partial charge in [-0.15, -0.1) is 0 Å². The van der Waals surface area contributed by atoms with Crippen molar-refractivity contribution in [2.45, 2.75) is 13.3 Å². The lowest BCUT2D eigenvalue weighted by molar-refractivity contribution is -0.115. The first-order valence-electron chi connectivity index (χ1n) is 6.41. The number of nitrogens with one attached hydrogen (secondary N) is 2. The Bertz CT molecular complexity index is 656. The maximum Gasteiger partial charge on any atom is 0.258 e. The van der Waals surface area contributed by atoms with Crippen molar-refractivity contribution in [1.29, 1.82) is 0 Å². The molecule has 0 unspecified atom stereocenters. The molecule has 0 atom stereocenters. The predicted octanol–water partition coefficient (Wildman–Crippen LogP) is 2.82. The standard InChI is InChI=1S/C15H14FN3O2/c1-2-14(20)18-10-3-5-11(6-4-10)19-15(21)12-7-8-17-9-13(12)16/h3-9H,2H2,1H3,(H,18,20)(H,19,21). The maximum atomic E-state index is 13.4. The summed E-state index contributed by atoms with van der Waals surface area (Å²) in [6, 6.07) is 7.88. The minimum atomic E-state index is -0.679. The van der Waals surface area contributed by atoms with Crippen molar-refractivity contribution in [3.8, 4) is 0 Å². The van der Waals surface area contributed by atoms with E-state index in [1.807, 2.05) is 0 Å². The van der Waals surface area contributed by atoms with E-state index in [0.29, 0.717) is 17.8 Å². The normalized spacial score (nSPS) is 10.0. The molecule has 0 saturated heterocycles. The van der Waals surface area contributed by atoms with Crippen LogP contribution in [0.15, 0.2) is 42.7 Å². The van der Waals surface area contributed by atoms with Crippen LogP contribution in [0.1, 0.15) is 23.7 Å². The number of hydrogen-bond acceptors (Lipinski definition) is 3. The van der Waals surface area contributed by atoms with Crippen LogP contribution < -0.4 is 10.6 Å². The van der Waals surface area contributed by atoms with Crippen LogP contribution in [0.25, 0.3) is 0 Å². The Kier molecular flexibility index (Phi) is 4.61. The van der Waals surface area contributed by atoms with Gasteiger partial charge < -0.3 is 10.6 Å². The van der Waals surface area contributed by atoms with E-state index >= 15 is 0 Å². The Labute approximate surface area is 121 Å². The second-order valence-electron chi connectivity index (χ2n) is 4.29. The molecule has 6 heteroatoms. The number of carbonyl (C=O) groups is 2. The molecule has 2 aromatic rings. The molecule has 0 aliphatic heterocycles. The van der Waals surface area contributed by atoms with E-state index in [2.05, 4.69) is 15.6 Å². The van der Waals surface area contributed by atoms with Crippen LogP contribution in [0.5, 0.6) is 0 Å². The number of pyridine rings is 1. The van der Waals surface area contributed by atoms with Crippen LogP contribution in [0.4, 0.5) is 15.8 Å². The Hall–Kier alpha value is -2.76. The highest BCUT2D eigenvalue weighted by molar-refractivity contribution is 6.04. The highest BCUT2D eigenvalue weighted by atomic mass is 19.1. The van der Waals surface area contributed by atoms with Crippen LogP contribution in [0.2, 0.25) is 0 Å². The lowest BCUT2D eigenvalue weighted by Crippen LogP contribution is -2.14. The molecule has 0 aliphatic carbocycles. The summed E-state index contributed by atoms with van der Waals surface area (Å²) in [5.41, 5.74) is 1.06. The lowest BCUT2D eigenvalue weighted by atomic mass is 10.2. The van der Waals surface area contributed by atoms with Gasteiger partial charge in [-0.05, 0) is 30.3 Å². The first-order chi connectivity index (χ1) is 10.1. The van der Waals surface area contributed by atoms with Crippen molar-refractivity contribution in [2.24, 2.45) is 0 Å². The largest absolute Gasteiger partial charge is 0.326 e. The Morgan fingerprint density at radius 2 is 1.71 bits per heavy atom. The minimum Gasteiger partial charge on any atom is -0.326 e. The minimum absolute atomic E-state index is 0.0756. The number of carbonyl (C=O) groups excluding carboxylic acids is 2. The van der Waals surface area contributed by atoms with Crippen molar-refractivity contribution in [2.75, 3.05) is 10.6 Å². The number of rotatable bonds is 4. The molecule has 21 heavy (non-hydrogen) atoms. The molecule has 2 rings (SSSR count). The van der Waals surface area contributed by atoms with Gasteiger partial charge in [0.1, 0.15) is 0 Å². The highest BCUT2D eigenvalue weighted by Crippen LogP contribution is 2.15. The van der Waals surface area contributed by atoms with Gasteiger partial charge >= 0.3 is 0 Å². The number of hydrogen-bond donors (Lipinski definition) is 2. The van der Waals surface area contributed by atoms with E-state index in [4.69, 9.17) is 0 Å². The summed E-state index contributed by atoms with van der Waals surface area (Å²) in [4.78, 5) is 26.7. The Morgan fingerprint density at radius 3 is 2.29 bits per heavy atom. The van der Waals surface area contributed by atoms with Crippen LogP contribution in [-0.4, -0.2) is 16.8 Å². The summed E-state index contributed by atoms with van der Waals surface area (Å²) in [5, 5.41) is 5.27. The van der Waals surface area contributed by atoms with Gasteiger partial charge in [0.15, 0.2) is 5.82 Å². The Morgan fingerprint density at radius 1 is 1.10 bits per heavy atom. The summed E-state index contributed by atoms with van der Waals surface area (Å²) < 4.78 is 13.4. The van der Waals surface area contributed by atoms with Crippen molar-refractivity contribution in [1.82, 2.24) is 4.98 Å². The number of aromatic nitrogens is 1. The molecule has 0 aliphatic rings. The molecule has 2 amide bonds. The number of amides is 2. The van der Waals surface area contributed by atoms with Gasteiger partial charge in [-0.3, -0.25) is 14.6 Å². The van der Waals surface area contributed by atoms with Gasteiger partial charge in [0.05, 0.1) is 11.8 Å².